The number of benzene rings is 1. The fourth-order valence-electron chi connectivity index (χ4n) is 1.89. The van der Waals surface area contributed by atoms with Crippen LogP contribution in [0, 0.1) is 0 Å². The number of esters is 1. The summed E-state index contributed by atoms with van der Waals surface area (Å²) in [5.74, 6) is -0.733. The molecule has 0 radical (unpaired) electrons. The number of nitrogens with one attached hydrogen (secondary N) is 1. The first-order valence-corrected chi connectivity index (χ1v) is 6.52. The number of ether oxygens (including phenoxy) is 1. The van der Waals surface area contributed by atoms with E-state index in [2.05, 4.69) is 22.0 Å². The Morgan fingerprint density at radius 2 is 2.14 bits per heavy atom. The number of carbonyl (C=O) groups is 2. The Balaban J connectivity index is 2.19. The quantitative estimate of drug-likeness (QED) is 0.636. The van der Waals surface area contributed by atoms with E-state index in [0.29, 0.717) is 16.6 Å². The summed E-state index contributed by atoms with van der Waals surface area (Å²) >= 11 is 0. The molecule has 0 fully saturated rings. The molecule has 0 atom stereocenters. The van der Waals surface area contributed by atoms with Crippen LogP contribution in [0.3, 0.4) is 0 Å². The molecule has 1 N–H and O–H groups in total. The van der Waals surface area contributed by atoms with Crippen LogP contribution in [0.2, 0.25) is 0 Å². The summed E-state index contributed by atoms with van der Waals surface area (Å²) in [5, 5.41) is 10.4. The van der Waals surface area contributed by atoms with Crippen molar-refractivity contribution in [1.82, 2.24) is 20.3 Å². The van der Waals surface area contributed by atoms with Crippen molar-refractivity contribution in [1.29, 1.82) is 0 Å². The number of nitrogens with zero attached hydrogens (tertiary/aromatic N) is 3. The molecule has 1 heterocycles. The second-order valence-electron chi connectivity index (χ2n) is 4.31. The number of hydrogen-bond acceptors (Lipinski definition) is 5. The summed E-state index contributed by atoms with van der Waals surface area (Å²) in [5.41, 5.74) is 1.70. The van der Waals surface area contributed by atoms with Crippen LogP contribution in [-0.4, -0.2) is 51.9 Å². The minimum absolute atomic E-state index is 0.116. The van der Waals surface area contributed by atoms with Crippen LogP contribution < -0.4 is 0 Å². The van der Waals surface area contributed by atoms with Crippen molar-refractivity contribution < 1.29 is 14.3 Å². The largest absolute Gasteiger partial charge is 0.465 e. The van der Waals surface area contributed by atoms with Gasteiger partial charge in [-0.1, -0.05) is 6.08 Å². The smallest absolute Gasteiger partial charge is 0.325 e. The van der Waals surface area contributed by atoms with Crippen molar-refractivity contribution in [2.24, 2.45) is 0 Å². The Kier molecular flexibility index (Phi) is 4.65. The molecule has 1 aromatic heterocycles. The lowest BCUT2D eigenvalue weighted by atomic mass is 10.1. The molecule has 0 saturated heterocycles. The van der Waals surface area contributed by atoms with E-state index >= 15 is 0 Å². The van der Waals surface area contributed by atoms with Crippen LogP contribution in [0.4, 0.5) is 0 Å². The highest BCUT2D eigenvalue weighted by Crippen LogP contribution is 2.13. The Morgan fingerprint density at radius 1 is 1.38 bits per heavy atom. The number of rotatable bonds is 6. The van der Waals surface area contributed by atoms with E-state index in [1.165, 1.54) is 4.90 Å². The highest BCUT2D eigenvalue weighted by molar-refractivity contribution is 5.98. The van der Waals surface area contributed by atoms with Gasteiger partial charge in [0, 0.05) is 12.1 Å². The molecule has 0 spiro atoms. The SMILES string of the molecule is C=CCN(CC(=O)OCC)C(=O)c1ccc2n[nH]nc2c1. The maximum atomic E-state index is 12.5. The first-order chi connectivity index (χ1) is 10.2. The third-order valence-corrected chi connectivity index (χ3v) is 2.83. The molecule has 7 nitrogen and oxygen atoms in total. The number of amides is 1. The summed E-state index contributed by atoms with van der Waals surface area (Å²) < 4.78 is 4.87. The van der Waals surface area contributed by atoms with E-state index < -0.39 is 5.97 Å². The Hall–Kier alpha value is -2.70. The monoisotopic (exact) mass is 288 g/mol. The lowest BCUT2D eigenvalue weighted by Crippen LogP contribution is -2.36. The number of carbonyl (C=O) groups excluding carboxylic acids is 2. The minimum Gasteiger partial charge on any atom is -0.465 e. The first-order valence-electron chi connectivity index (χ1n) is 6.52. The van der Waals surface area contributed by atoms with Gasteiger partial charge in [0.25, 0.3) is 5.91 Å². The van der Waals surface area contributed by atoms with Gasteiger partial charge < -0.3 is 9.64 Å². The van der Waals surface area contributed by atoms with Crippen LogP contribution in [0.1, 0.15) is 17.3 Å². The minimum atomic E-state index is -0.449. The van der Waals surface area contributed by atoms with Gasteiger partial charge in [-0.25, -0.2) is 0 Å². The van der Waals surface area contributed by atoms with E-state index in [4.69, 9.17) is 4.74 Å². The molecule has 0 aliphatic heterocycles. The molecule has 110 valence electrons. The zero-order valence-electron chi connectivity index (χ0n) is 11.7. The first kappa shape index (κ1) is 14.7. The van der Waals surface area contributed by atoms with Gasteiger partial charge in [0.1, 0.15) is 17.6 Å². The molecule has 0 aliphatic carbocycles. The topological polar surface area (TPSA) is 88.2 Å². The van der Waals surface area contributed by atoms with Gasteiger partial charge in [-0.2, -0.15) is 15.4 Å². The normalized spacial score (nSPS) is 10.3. The number of aromatic nitrogens is 3. The highest BCUT2D eigenvalue weighted by atomic mass is 16.5. The van der Waals surface area contributed by atoms with Gasteiger partial charge in [-0.05, 0) is 25.1 Å². The van der Waals surface area contributed by atoms with Crippen LogP contribution in [0.5, 0.6) is 0 Å². The van der Waals surface area contributed by atoms with Gasteiger partial charge >= 0.3 is 5.97 Å². The van der Waals surface area contributed by atoms with Crippen molar-refractivity contribution in [3.63, 3.8) is 0 Å². The van der Waals surface area contributed by atoms with E-state index in [1.807, 2.05) is 0 Å². The van der Waals surface area contributed by atoms with E-state index in [-0.39, 0.29) is 25.6 Å². The average Bonchev–Trinajstić information content (AvgIpc) is 2.93. The van der Waals surface area contributed by atoms with Crippen molar-refractivity contribution >= 4 is 22.9 Å². The molecule has 0 bridgehead atoms. The van der Waals surface area contributed by atoms with Crippen molar-refractivity contribution in [3.8, 4) is 0 Å². The van der Waals surface area contributed by atoms with Gasteiger partial charge in [-0.15, -0.1) is 6.58 Å². The third kappa shape index (κ3) is 3.44. The zero-order chi connectivity index (χ0) is 15.2. The Bertz CT molecular complexity index is 665. The lowest BCUT2D eigenvalue weighted by Gasteiger charge is -2.20. The lowest BCUT2D eigenvalue weighted by molar-refractivity contribution is -0.143. The van der Waals surface area contributed by atoms with Gasteiger partial charge in [0.15, 0.2) is 0 Å². The number of fused-ring (bicyclic) bond motifs is 1. The molecule has 7 heteroatoms. The maximum absolute atomic E-state index is 12.5. The highest BCUT2D eigenvalue weighted by Gasteiger charge is 2.19. The van der Waals surface area contributed by atoms with E-state index in [1.54, 1.807) is 31.2 Å². The van der Waals surface area contributed by atoms with Gasteiger partial charge in [-0.3, -0.25) is 9.59 Å². The van der Waals surface area contributed by atoms with Crippen LogP contribution >= 0.6 is 0 Å². The number of H-pyrrole nitrogens is 1. The van der Waals surface area contributed by atoms with Crippen LogP contribution in [0.25, 0.3) is 11.0 Å². The number of hydrogen-bond donors (Lipinski definition) is 1. The molecular formula is C14H16N4O3. The number of aromatic amines is 1. The maximum Gasteiger partial charge on any atom is 0.325 e. The van der Waals surface area contributed by atoms with Crippen LogP contribution in [-0.2, 0) is 9.53 Å². The summed E-state index contributed by atoms with van der Waals surface area (Å²) in [6, 6.07) is 4.97. The van der Waals surface area contributed by atoms with Gasteiger partial charge in [0.2, 0.25) is 0 Å². The molecule has 1 aromatic carbocycles. The predicted molar refractivity (Wildman–Crippen MR) is 76.6 cm³/mol. The Morgan fingerprint density at radius 3 is 2.86 bits per heavy atom. The summed E-state index contributed by atoms with van der Waals surface area (Å²) in [7, 11) is 0. The predicted octanol–water partition coefficient (Wildman–Crippen LogP) is 1.15. The second kappa shape index (κ2) is 6.65. The second-order valence-corrected chi connectivity index (χ2v) is 4.31. The molecule has 2 rings (SSSR count). The van der Waals surface area contributed by atoms with Crippen LogP contribution in [0.15, 0.2) is 30.9 Å². The van der Waals surface area contributed by atoms with E-state index in [9.17, 15) is 9.59 Å². The molecule has 2 aromatic rings. The fourth-order valence-corrected chi connectivity index (χ4v) is 1.89. The standard InChI is InChI=1S/C14H16N4O3/c1-3-7-18(9-13(19)21-4-2)14(20)10-5-6-11-12(8-10)16-17-15-11/h3,5-6,8H,1,4,7,9H2,2H3,(H,15,16,17). The molecule has 21 heavy (non-hydrogen) atoms. The molecule has 0 aliphatic rings. The Labute approximate surface area is 121 Å². The molecule has 0 unspecified atom stereocenters. The summed E-state index contributed by atoms with van der Waals surface area (Å²) in [6.07, 6.45) is 1.56. The third-order valence-electron chi connectivity index (χ3n) is 2.83. The van der Waals surface area contributed by atoms with Crippen molar-refractivity contribution in [3.05, 3.63) is 36.4 Å². The average molecular weight is 288 g/mol. The van der Waals surface area contributed by atoms with Crippen molar-refractivity contribution in [2.75, 3.05) is 19.7 Å². The summed E-state index contributed by atoms with van der Waals surface area (Å²) in [4.78, 5) is 25.4. The summed E-state index contributed by atoms with van der Waals surface area (Å²) in [6.45, 7) is 5.74. The van der Waals surface area contributed by atoms with Gasteiger partial charge in [0.05, 0.1) is 6.61 Å². The molecule has 1 amide bonds. The molecular weight excluding hydrogens is 272 g/mol. The molecule has 0 saturated carbocycles. The van der Waals surface area contributed by atoms with E-state index in [0.717, 1.165) is 0 Å². The zero-order valence-corrected chi connectivity index (χ0v) is 11.7. The fraction of sp³-hybridized carbons (Fsp3) is 0.286. The van der Waals surface area contributed by atoms with Crippen molar-refractivity contribution in [2.45, 2.75) is 6.92 Å².